The molecule has 1 aromatic rings. The highest BCUT2D eigenvalue weighted by Gasteiger charge is 2.33. The van der Waals surface area contributed by atoms with Crippen LogP contribution in [0.25, 0.3) is 0 Å². The molecule has 0 saturated heterocycles. The van der Waals surface area contributed by atoms with Crippen LogP contribution < -0.4 is 20.9 Å². The summed E-state index contributed by atoms with van der Waals surface area (Å²) in [4.78, 5) is 3.51. The number of nitrogens with zero attached hydrogens (tertiary/aromatic N) is 1. The first-order valence-corrected chi connectivity index (χ1v) is 4.16. The van der Waals surface area contributed by atoms with E-state index >= 15 is 0 Å². The average molecular weight is 237 g/mol. The molecule has 0 bridgehead atoms. The largest absolute Gasteiger partial charge is 0.573 e. The normalized spacial score (nSPS) is 11.3. The fourth-order valence-corrected chi connectivity index (χ4v) is 1.16. The molecule has 5 nitrogen and oxygen atoms in total. The summed E-state index contributed by atoms with van der Waals surface area (Å²) in [6, 6.07) is 0. The molecule has 8 heteroatoms. The summed E-state index contributed by atoms with van der Waals surface area (Å²) >= 11 is 0. The number of rotatable bonds is 3. The highest BCUT2D eigenvalue weighted by molar-refractivity contribution is 5.56. The maximum atomic E-state index is 12.0. The van der Waals surface area contributed by atoms with E-state index in [-0.39, 0.29) is 23.7 Å². The van der Waals surface area contributed by atoms with Gasteiger partial charge in [-0.15, -0.1) is 13.2 Å². The number of methoxy groups -OCH3 is 1. The van der Waals surface area contributed by atoms with Crippen LogP contribution >= 0.6 is 0 Å². The van der Waals surface area contributed by atoms with E-state index < -0.39 is 12.1 Å². The van der Waals surface area contributed by atoms with E-state index in [0.29, 0.717) is 0 Å². The fraction of sp³-hybridized carbons (Fsp3) is 0.375. The Kier molecular flexibility index (Phi) is 3.43. The molecule has 0 aromatic carbocycles. The molecule has 0 spiro atoms. The molecule has 0 unspecified atom stereocenters. The van der Waals surface area contributed by atoms with Gasteiger partial charge in [-0.3, -0.25) is 0 Å². The smallest absolute Gasteiger partial charge is 0.492 e. The lowest BCUT2D eigenvalue weighted by Crippen LogP contribution is -2.19. The van der Waals surface area contributed by atoms with Crippen molar-refractivity contribution in [3.63, 3.8) is 0 Å². The van der Waals surface area contributed by atoms with Crippen molar-refractivity contribution in [3.8, 4) is 11.5 Å². The minimum atomic E-state index is -4.81. The minimum Gasteiger partial charge on any atom is -0.492 e. The van der Waals surface area contributed by atoms with Crippen LogP contribution in [0, 0.1) is 0 Å². The monoisotopic (exact) mass is 237 g/mol. The zero-order chi connectivity index (χ0) is 12.3. The lowest BCUT2D eigenvalue weighted by atomic mass is 10.2. The third kappa shape index (κ3) is 2.66. The molecule has 1 rings (SSSR count). The molecule has 16 heavy (non-hydrogen) atoms. The van der Waals surface area contributed by atoms with E-state index in [4.69, 9.17) is 16.2 Å². The van der Waals surface area contributed by atoms with Gasteiger partial charge in [-0.2, -0.15) is 0 Å². The van der Waals surface area contributed by atoms with Gasteiger partial charge in [0.15, 0.2) is 17.3 Å². The molecule has 0 amide bonds. The van der Waals surface area contributed by atoms with Crippen molar-refractivity contribution in [2.75, 3.05) is 12.8 Å². The molecule has 0 fully saturated rings. The molecule has 0 aliphatic rings. The van der Waals surface area contributed by atoms with Gasteiger partial charge in [-0.25, -0.2) is 4.98 Å². The third-order valence-electron chi connectivity index (χ3n) is 1.76. The van der Waals surface area contributed by atoms with Gasteiger partial charge in [0.05, 0.1) is 18.9 Å². The van der Waals surface area contributed by atoms with Crippen LogP contribution in [-0.4, -0.2) is 18.5 Å². The molecule has 1 heterocycles. The van der Waals surface area contributed by atoms with Crippen LogP contribution in [-0.2, 0) is 6.54 Å². The van der Waals surface area contributed by atoms with Crippen molar-refractivity contribution in [1.82, 2.24) is 4.98 Å². The number of alkyl halides is 3. The second-order valence-electron chi connectivity index (χ2n) is 2.77. The van der Waals surface area contributed by atoms with Crippen molar-refractivity contribution >= 4 is 5.82 Å². The first-order chi connectivity index (χ1) is 7.39. The zero-order valence-corrected chi connectivity index (χ0v) is 8.34. The number of anilines is 1. The van der Waals surface area contributed by atoms with Crippen LogP contribution in [0.15, 0.2) is 6.20 Å². The van der Waals surface area contributed by atoms with Gasteiger partial charge in [0.25, 0.3) is 0 Å². The van der Waals surface area contributed by atoms with Gasteiger partial charge in [0.1, 0.15) is 0 Å². The number of ether oxygens (including phenoxy) is 2. The number of hydrogen-bond donors (Lipinski definition) is 2. The van der Waals surface area contributed by atoms with Gasteiger partial charge in [-0.05, 0) is 0 Å². The van der Waals surface area contributed by atoms with Gasteiger partial charge in [0.2, 0.25) is 0 Å². The van der Waals surface area contributed by atoms with E-state index in [0.717, 1.165) is 6.20 Å². The van der Waals surface area contributed by atoms with Crippen LogP contribution in [0.3, 0.4) is 0 Å². The highest BCUT2D eigenvalue weighted by Crippen LogP contribution is 2.34. The Balaban J connectivity index is 3.19. The summed E-state index contributed by atoms with van der Waals surface area (Å²) in [6.45, 7) is -0.207. The summed E-state index contributed by atoms with van der Waals surface area (Å²) in [5.41, 5.74) is 10.7. The second-order valence-corrected chi connectivity index (χ2v) is 2.77. The van der Waals surface area contributed by atoms with Gasteiger partial charge >= 0.3 is 6.36 Å². The van der Waals surface area contributed by atoms with Crippen molar-refractivity contribution in [2.24, 2.45) is 5.73 Å². The predicted molar refractivity (Wildman–Crippen MR) is 49.8 cm³/mol. The molecule has 0 atom stereocenters. The summed E-state index contributed by atoms with van der Waals surface area (Å²) < 4.78 is 44.6. The number of nitrogen functional groups attached to an aromatic ring is 1. The average Bonchev–Trinajstić information content (AvgIpc) is 2.18. The second kappa shape index (κ2) is 4.44. The number of nitrogens with two attached hydrogens (primary N) is 2. The Morgan fingerprint density at radius 2 is 2.06 bits per heavy atom. The van der Waals surface area contributed by atoms with Crippen molar-refractivity contribution < 1.29 is 22.6 Å². The minimum absolute atomic E-state index is 0.00995. The molecule has 0 aliphatic carbocycles. The maximum absolute atomic E-state index is 12.0. The Morgan fingerprint density at radius 3 is 2.50 bits per heavy atom. The van der Waals surface area contributed by atoms with Crippen molar-refractivity contribution in [1.29, 1.82) is 0 Å². The van der Waals surface area contributed by atoms with Crippen LogP contribution in [0.1, 0.15) is 5.56 Å². The standard InChI is InChI=1S/C8H10F3N3O2/c1-15-6-4(2-12)5(3-14-7(6)13)16-8(9,10)11/h3H,2,12H2,1H3,(H2,13,14). The molecular formula is C8H10F3N3O2. The van der Waals surface area contributed by atoms with Crippen molar-refractivity contribution in [3.05, 3.63) is 11.8 Å². The van der Waals surface area contributed by atoms with E-state index in [1.54, 1.807) is 0 Å². The zero-order valence-electron chi connectivity index (χ0n) is 8.34. The molecule has 0 radical (unpaired) electrons. The molecule has 90 valence electrons. The Bertz CT molecular complexity index is 382. The summed E-state index contributed by atoms with van der Waals surface area (Å²) in [7, 11) is 1.25. The SMILES string of the molecule is COc1c(N)ncc(OC(F)(F)F)c1CN. The van der Waals surface area contributed by atoms with Gasteiger partial charge < -0.3 is 20.9 Å². The molecular weight excluding hydrogens is 227 g/mol. The number of aromatic nitrogens is 1. The van der Waals surface area contributed by atoms with Crippen LogP contribution in [0.2, 0.25) is 0 Å². The highest BCUT2D eigenvalue weighted by atomic mass is 19.4. The topological polar surface area (TPSA) is 83.4 Å². The summed E-state index contributed by atoms with van der Waals surface area (Å²) in [5.74, 6) is -0.567. The molecule has 0 aliphatic heterocycles. The maximum Gasteiger partial charge on any atom is 0.573 e. The molecule has 1 aromatic heterocycles. The van der Waals surface area contributed by atoms with Gasteiger partial charge in [-0.1, -0.05) is 0 Å². The van der Waals surface area contributed by atoms with E-state index in [9.17, 15) is 13.2 Å². The number of pyridine rings is 1. The van der Waals surface area contributed by atoms with Crippen LogP contribution in [0.4, 0.5) is 19.0 Å². The van der Waals surface area contributed by atoms with E-state index in [1.807, 2.05) is 0 Å². The Morgan fingerprint density at radius 1 is 1.44 bits per heavy atom. The fourth-order valence-electron chi connectivity index (χ4n) is 1.16. The third-order valence-corrected chi connectivity index (χ3v) is 1.76. The predicted octanol–water partition coefficient (Wildman–Crippen LogP) is 1.03. The lowest BCUT2D eigenvalue weighted by molar-refractivity contribution is -0.275. The van der Waals surface area contributed by atoms with E-state index in [2.05, 4.69) is 9.72 Å². The first-order valence-electron chi connectivity index (χ1n) is 4.16. The quantitative estimate of drug-likeness (QED) is 0.820. The summed E-state index contributed by atoms with van der Waals surface area (Å²) in [6.07, 6.45) is -3.96. The Labute approximate surface area is 89.1 Å². The van der Waals surface area contributed by atoms with Gasteiger partial charge in [0, 0.05) is 6.54 Å². The molecule has 4 N–H and O–H groups in total. The summed E-state index contributed by atoms with van der Waals surface area (Å²) in [5, 5.41) is 0. The number of halogens is 3. The molecule has 0 saturated carbocycles. The number of hydrogen-bond acceptors (Lipinski definition) is 5. The van der Waals surface area contributed by atoms with Crippen LogP contribution in [0.5, 0.6) is 11.5 Å². The van der Waals surface area contributed by atoms with Crippen molar-refractivity contribution in [2.45, 2.75) is 12.9 Å². The Hall–Kier alpha value is -1.70. The lowest BCUT2D eigenvalue weighted by Gasteiger charge is -2.15. The first kappa shape index (κ1) is 12.4. The van der Waals surface area contributed by atoms with E-state index in [1.165, 1.54) is 7.11 Å².